The van der Waals surface area contributed by atoms with E-state index >= 15 is 0 Å². The maximum atomic E-state index is 11.5. The zero-order valence-corrected chi connectivity index (χ0v) is 11.6. The zero-order chi connectivity index (χ0) is 13.1. The van der Waals surface area contributed by atoms with Crippen molar-refractivity contribution in [2.75, 3.05) is 5.32 Å². The number of hydrogen-bond acceptors (Lipinski definition) is 3. The fourth-order valence-corrected chi connectivity index (χ4v) is 1.51. The van der Waals surface area contributed by atoms with Crippen LogP contribution in [0.1, 0.15) is 26.3 Å². The Morgan fingerprint density at radius 2 is 2.12 bits per heavy atom. The van der Waals surface area contributed by atoms with Crippen LogP contribution in [0.4, 0.5) is 10.5 Å². The van der Waals surface area contributed by atoms with Gasteiger partial charge in [-0.05, 0) is 39.0 Å². The van der Waals surface area contributed by atoms with Crippen LogP contribution in [0, 0.1) is 5.41 Å². The van der Waals surface area contributed by atoms with Crippen LogP contribution < -0.4 is 5.32 Å². The van der Waals surface area contributed by atoms with Gasteiger partial charge in [-0.1, -0.05) is 15.9 Å². The molecule has 0 heterocycles. The van der Waals surface area contributed by atoms with E-state index in [0.29, 0.717) is 11.3 Å². The topological polar surface area (TPSA) is 62.2 Å². The summed E-state index contributed by atoms with van der Waals surface area (Å²) in [5.74, 6) is 0. The van der Waals surface area contributed by atoms with Crippen LogP contribution in [0.3, 0.4) is 0 Å². The minimum absolute atomic E-state index is 0.504. The molecule has 0 bridgehead atoms. The number of rotatable bonds is 2. The van der Waals surface area contributed by atoms with Gasteiger partial charge in [0.1, 0.15) is 5.60 Å². The van der Waals surface area contributed by atoms with Crippen LogP contribution in [0.25, 0.3) is 0 Å². The molecule has 1 aromatic rings. The van der Waals surface area contributed by atoms with Crippen molar-refractivity contribution in [3.8, 4) is 0 Å². The lowest BCUT2D eigenvalue weighted by Crippen LogP contribution is -2.27. The van der Waals surface area contributed by atoms with Gasteiger partial charge in [-0.25, -0.2) is 4.79 Å². The molecule has 0 saturated heterocycles. The lowest BCUT2D eigenvalue weighted by Gasteiger charge is -2.19. The molecule has 0 fully saturated rings. The third kappa shape index (κ3) is 4.56. The van der Waals surface area contributed by atoms with Crippen molar-refractivity contribution in [1.29, 1.82) is 5.41 Å². The molecule has 1 rings (SSSR count). The summed E-state index contributed by atoms with van der Waals surface area (Å²) >= 11 is 3.31. The fourth-order valence-electron chi connectivity index (χ4n) is 1.15. The zero-order valence-electron chi connectivity index (χ0n) is 10.0. The summed E-state index contributed by atoms with van der Waals surface area (Å²) in [5, 5.41) is 9.82. The Morgan fingerprint density at radius 1 is 1.47 bits per heavy atom. The van der Waals surface area contributed by atoms with E-state index in [1.165, 1.54) is 6.21 Å². The quantitative estimate of drug-likeness (QED) is 0.816. The van der Waals surface area contributed by atoms with E-state index in [1.807, 2.05) is 0 Å². The third-order valence-corrected chi connectivity index (χ3v) is 2.52. The molecule has 92 valence electrons. The molecular weight excluding hydrogens is 284 g/mol. The molecule has 2 N–H and O–H groups in total. The highest BCUT2D eigenvalue weighted by Crippen LogP contribution is 2.20. The Labute approximate surface area is 109 Å². The van der Waals surface area contributed by atoms with Gasteiger partial charge in [0.15, 0.2) is 0 Å². The van der Waals surface area contributed by atoms with Gasteiger partial charge in [0.05, 0.1) is 0 Å². The van der Waals surface area contributed by atoms with E-state index in [-0.39, 0.29) is 0 Å². The van der Waals surface area contributed by atoms with Crippen LogP contribution in [-0.4, -0.2) is 17.9 Å². The van der Waals surface area contributed by atoms with E-state index in [1.54, 1.807) is 39.0 Å². The molecule has 0 saturated carbocycles. The van der Waals surface area contributed by atoms with Gasteiger partial charge in [-0.3, -0.25) is 5.32 Å². The van der Waals surface area contributed by atoms with Crippen LogP contribution in [0.2, 0.25) is 0 Å². The molecule has 1 aromatic carbocycles. The van der Waals surface area contributed by atoms with Crippen molar-refractivity contribution < 1.29 is 9.53 Å². The average Bonchev–Trinajstić information content (AvgIpc) is 2.18. The van der Waals surface area contributed by atoms with Crippen molar-refractivity contribution in [2.45, 2.75) is 26.4 Å². The summed E-state index contributed by atoms with van der Waals surface area (Å²) < 4.78 is 5.93. The molecule has 17 heavy (non-hydrogen) atoms. The monoisotopic (exact) mass is 298 g/mol. The van der Waals surface area contributed by atoms with Crippen molar-refractivity contribution in [3.63, 3.8) is 0 Å². The smallest absolute Gasteiger partial charge is 0.412 e. The summed E-state index contributed by atoms with van der Waals surface area (Å²) in [7, 11) is 0. The Kier molecular flexibility index (Phi) is 4.28. The van der Waals surface area contributed by atoms with Crippen LogP contribution in [0.5, 0.6) is 0 Å². The van der Waals surface area contributed by atoms with Gasteiger partial charge in [0, 0.05) is 21.9 Å². The number of amides is 1. The average molecular weight is 299 g/mol. The van der Waals surface area contributed by atoms with Gasteiger partial charge in [0.2, 0.25) is 0 Å². The molecule has 0 aliphatic rings. The summed E-state index contributed by atoms with van der Waals surface area (Å²) in [6.07, 6.45) is 0.709. The van der Waals surface area contributed by atoms with Crippen LogP contribution in [0.15, 0.2) is 22.7 Å². The van der Waals surface area contributed by atoms with Gasteiger partial charge >= 0.3 is 6.09 Å². The molecule has 0 aliphatic carbocycles. The first kappa shape index (κ1) is 13.7. The number of halogens is 1. The van der Waals surface area contributed by atoms with Crippen molar-refractivity contribution in [1.82, 2.24) is 0 Å². The third-order valence-electron chi connectivity index (χ3n) is 1.80. The molecule has 1 amide bonds. The highest BCUT2D eigenvalue weighted by Gasteiger charge is 2.16. The van der Waals surface area contributed by atoms with Gasteiger partial charge < -0.3 is 10.1 Å². The predicted molar refractivity (Wildman–Crippen MR) is 71.9 cm³/mol. The number of nitrogens with one attached hydrogen (secondary N) is 2. The molecule has 0 radical (unpaired) electrons. The van der Waals surface area contributed by atoms with Crippen molar-refractivity contribution >= 4 is 33.9 Å². The lowest BCUT2D eigenvalue weighted by molar-refractivity contribution is 0.0636. The van der Waals surface area contributed by atoms with Crippen molar-refractivity contribution in [2.24, 2.45) is 0 Å². The molecule has 0 aromatic heterocycles. The molecule has 0 spiro atoms. The molecule has 0 unspecified atom stereocenters. The number of benzene rings is 1. The number of anilines is 1. The van der Waals surface area contributed by atoms with E-state index in [4.69, 9.17) is 10.1 Å². The molecule has 4 nitrogen and oxygen atoms in total. The SMILES string of the molecule is CC(C)(C)OC(=O)Nc1ccc(Br)c(C=N)c1. The first-order valence-electron chi connectivity index (χ1n) is 5.12. The van der Waals surface area contributed by atoms with Gasteiger partial charge in [-0.15, -0.1) is 0 Å². The number of ether oxygens (including phenoxy) is 1. The van der Waals surface area contributed by atoms with E-state index in [2.05, 4.69) is 21.2 Å². The largest absolute Gasteiger partial charge is 0.444 e. The number of hydrogen-bond donors (Lipinski definition) is 2. The second-order valence-electron chi connectivity index (χ2n) is 4.51. The summed E-state index contributed by atoms with van der Waals surface area (Å²) in [5.41, 5.74) is 0.767. The first-order chi connectivity index (χ1) is 7.81. The fraction of sp³-hybridized carbons (Fsp3) is 0.333. The molecular formula is C12H15BrN2O2. The Morgan fingerprint density at radius 3 is 2.65 bits per heavy atom. The van der Waals surface area contributed by atoms with Gasteiger partial charge in [0.25, 0.3) is 0 Å². The van der Waals surface area contributed by atoms with Gasteiger partial charge in [-0.2, -0.15) is 0 Å². The molecule has 0 atom stereocenters. The van der Waals surface area contributed by atoms with Crippen LogP contribution in [-0.2, 0) is 4.74 Å². The highest BCUT2D eigenvalue weighted by atomic mass is 79.9. The Bertz CT molecular complexity index is 439. The van der Waals surface area contributed by atoms with Crippen molar-refractivity contribution in [3.05, 3.63) is 28.2 Å². The highest BCUT2D eigenvalue weighted by molar-refractivity contribution is 9.10. The Hall–Kier alpha value is -1.36. The van der Waals surface area contributed by atoms with E-state index < -0.39 is 11.7 Å². The number of carbonyl (C=O) groups excluding carboxylic acids is 1. The summed E-state index contributed by atoms with van der Waals surface area (Å²) in [4.78, 5) is 11.5. The van der Waals surface area contributed by atoms with E-state index in [9.17, 15) is 4.79 Å². The summed E-state index contributed by atoms with van der Waals surface area (Å²) in [6, 6.07) is 5.20. The Balaban J connectivity index is 2.75. The maximum Gasteiger partial charge on any atom is 0.412 e. The van der Waals surface area contributed by atoms with E-state index in [0.717, 1.165) is 4.47 Å². The lowest BCUT2D eigenvalue weighted by atomic mass is 10.2. The second-order valence-corrected chi connectivity index (χ2v) is 5.36. The maximum absolute atomic E-state index is 11.5. The summed E-state index contributed by atoms with van der Waals surface area (Å²) in [6.45, 7) is 5.41. The normalized spacial score (nSPS) is 10.8. The molecule has 0 aliphatic heterocycles. The predicted octanol–water partition coefficient (Wildman–Crippen LogP) is 3.79. The minimum atomic E-state index is -0.524. The second kappa shape index (κ2) is 5.31. The standard InChI is InChI=1S/C12H15BrN2O2/c1-12(2,3)17-11(16)15-9-4-5-10(13)8(6-9)7-14/h4-7,14H,1-3H3,(H,15,16). The molecule has 5 heteroatoms. The number of carbonyl (C=O) groups is 1. The van der Waals surface area contributed by atoms with Crippen LogP contribution >= 0.6 is 15.9 Å². The first-order valence-corrected chi connectivity index (χ1v) is 5.91. The minimum Gasteiger partial charge on any atom is -0.444 e.